The average Bonchev–Trinajstić information content (AvgIpc) is 2.73. The molecule has 0 aromatic heterocycles. The van der Waals surface area contributed by atoms with Gasteiger partial charge < -0.3 is 24.6 Å². The predicted molar refractivity (Wildman–Crippen MR) is 72.3 cm³/mol. The molecule has 3 aliphatic rings. The number of hydrogen-bond acceptors (Lipinski definition) is 8. The lowest BCUT2D eigenvalue weighted by Gasteiger charge is -2.39. The molecule has 0 aromatic rings. The van der Waals surface area contributed by atoms with Crippen LogP contribution in [0.4, 0.5) is 0 Å². The smallest absolute Gasteiger partial charge is 0.303 e. The number of aliphatic imine (C=N–C) groups is 1. The van der Waals surface area contributed by atoms with Crippen molar-refractivity contribution in [2.45, 2.75) is 43.1 Å². The van der Waals surface area contributed by atoms with Gasteiger partial charge in [0.15, 0.2) is 11.3 Å². The lowest BCUT2D eigenvalue weighted by Crippen LogP contribution is -2.57. The summed E-state index contributed by atoms with van der Waals surface area (Å²) in [5.74, 6) is -0.507. The number of nitrogens with zero attached hydrogens (tertiary/aromatic N) is 2. The number of thioether (sulfide) groups is 1. The van der Waals surface area contributed by atoms with Gasteiger partial charge >= 0.3 is 5.97 Å². The maximum atomic E-state index is 11.1. The minimum atomic E-state index is -0.957. The molecule has 2 saturated heterocycles. The number of aliphatic hydroxyl groups excluding tert-OH is 2. The van der Waals surface area contributed by atoms with Gasteiger partial charge in [-0.3, -0.25) is 9.79 Å². The number of fused-ring (bicyclic) bond motifs is 1. The molecule has 0 amide bonds. The Hall–Kier alpha value is -0.830. The molecule has 7 nitrogen and oxygen atoms in total. The van der Waals surface area contributed by atoms with E-state index in [2.05, 4.69) is 9.89 Å². The van der Waals surface area contributed by atoms with Gasteiger partial charge in [-0.25, -0.2) is 0 Å². The lowest BCUT2D eigenvalue weighted by molar-refractivity contribution is -0.193. The van der Waals surface area contributed by atoms with Gasteiger partial charge in [-0.15, -0.1) is 0 Å². The highest BCUT2D eigenvalue weighted by Crippen LogP contribution is 2.39. The molecule has 0 unspecified atom stereocenters. The molecule has 0 bridgehead atoms. The molecule has 8 heteroatoms. The molecule has 5 atom stereocenters. The monoisotopic (exact) mass is 302 g/mol. The first kappa shape index (κ1) is 14.1. The molecule has 2 fully saturated rings. The zero-order chi connectivity index (χ0) is 14.3. The number of carbonyl (C=O) groups excluding carboxylic acids is 1. The molecule has 0 saturated carbocycles. The molecule has 0 aromatic carbocycles. The van der Waals surface area contributed by atoms with Crippen molar-refractivity contribution in [2.75, 3.05) is 19.7 Å². The topological polar surface area (TPSA) is 91.6 Å². The molecular weight excluding hydrogens is 284 g/mol. The van der Waals surface area contributed by atoms with Gasteiger partial charge in [0.1, 0.15) is 23.7 Å². The van der Waals surface area contributed by atoms with Crippen LogP contribution in [0, 0.1) is 0 Å². The molecular formula is C12H18N2O5S. The van der Waals surface area contributed by atoms with Crippen LogP contribution in [-0.2, 0) is 14.3 Å². The van der Waals surface area contributed by atoms with E-state index < -0.39 is 30.3 Å². The summed E-state index contributed by atoms with van der Waals surface area (Å²) >= 11 is 1.46. The van der Waals surface area contributed by atoms with Crippen molar-refractivity contribution < 1.29 is 24.5 Å². The van der Waals surface area contributed by atoms with Gasteiger partial charge in [-0.05, 0) is 6.42 Å². The van der Waals surface area contributed by atoms with E-state index >= 15 is 0 Å². The van der Waals surface area contributed by atoms with E-state index in [9.17, 15) is 15.0 Å². The number of likely N-dealkylation sites (tertiary alicyclic amines) is 1. The molecule has 20 heavy (non-hydrogen) atoms. The largest absolute Gasteiger partial charge is 0.457 e. The zero-order valence-electron chi connectivity index (χ0n) is 11.1. The molecule has 3 rings (SSSR count). The Morgan fingerprint density at radius 1 is 1.60 bits per heavy atom. The van der Waals surface area contributed by atoms with E-state index in [4.69, 9.17) is 9.47 Å². The van der Waals surface area contributed by atoms with Crippen molar-refractivity contribution in [2.24, 2.45) is 4.99 Å². The Balaban J connectivity index is 1.75. The normalized spacial score (nSPS) is 39.9. The van der Waals surface area contributed by atoms with Gasteiger partial charge in [0.05, 0.1) is 6.61 Å². The van der Waals surface area contributed by atoms with Crippen LogP contribution in [0.25, 0.3) is 0 Å². The van der Waals surface area contributed by atoms with Crippen molar-refractivity contribution in [3.8, 4) is 0 Å². The Kier molecular flexibility index (Phi) is 3.89. The van der Waals surface area contributed by atoms with Crippen molar-refractivity contribution in [1.29, 1.82) is 0 Å². The Morgan fingerprint density at radius 3 is 2.90 bits per heavy atom. The number of amidine groups is 1. The second-order valence-corrected chi connectivity index (χ2v) is 6.22. The summed E-state index contributed by atoms with van der Waals surface area (Å²) in [6.07, 6.45) is -1.40. The lowest BCUT2D eigenvalue weighted by atomic mass is 9.98. The van der Waals surface area contributed by atoms with Crippen LogP contribution in [0.1, 0.15) is 13.3 Å². The number of hydrogen-bond donors (Lipinski definition) is 2. The molecule has 0 aliphatic carbocycles. The fraction of sp³-hybridized carbons (Fsp3) is 0.833. The first-order chi connectivity index (χ1) is 9.60. The molecule has 0 radical (unpaired) electrons. The third kappa shape index (κ3) is 2.41. The van der Waals surface area contributed by atoms with Crippen LogP contribution in [0.15, 0.2) is 4.99 Å². The average molecular weight is 302 g/mol. The summed E-state index contributed by atoms with van der Waals surface area (Å²) in [7, 11) is 0. The van der Waals surface area contributed by atoms with Gasteiger partial charge in [0.25, 0.3) is 0 Å². The number of rotatable bonds is 2. The Labute approximate surface area is 120 Å². The summed E-state index contributed by atoms with van der Waals surface area (Å²) in [4.78, 5) is 17.7. The minimum Gasteiger partial charge on any atom is -0.457 e. The summed E-state index contributed by atoms with van der Waals surface area (Å²) < 4.78 is 10.8. The molecule has 0 spiro atoms. The fourth-order valence-corrected chi connectivity index (χ4v) is 3.83. The summed E-state index contributed by atoms with van der Waals surface area (Å²) in [5.41, 5.74) is -0.329. The van der Waals surface area contributed by atoms with Gasteiger partial charge in [-0.1, -0.05) is 11.8 Å². The summed E-state index contributed by atoms with van der Waals surface area (Å²) in [6.45, 7) is 2.90. The van der Waals surface area contributed by atoms with Crippen LogP contribution in [0.2, 0.25) is 0 Å². The van der Waals surface area contributed by atoms with Crippen LogP contribution in [-0.4, -0.2) is 75.7 Å². The third-order valence-electron chi connectivity index (χ3n) is 3.73. The maximum Gasteiger partial charge on any atom is 0.303 e. The Bertz CT molecular complexity index is 428. The number of esters is 1. The molecule has 2 N–H and O–H groups in total. The zero-order valence-corrected chi connectivity index (χ0v) is 12.0. The van der Waals surface area contributed by atoms with E-state index in [1.54, 1.807) is 0 Å². The third-order valence-corrected chi connectivity index (χ3v) is 4.93. The maximum absolute atomic E-state index is 11.1. The quantitative estimate of drug-likeness (QED) is 0.643. The van der Waals surface area contributed by atoms with E-state index in [-0.39, 0.29) is 12.0 Å². The SMILES string of the molecule is CC(=O)O[C@H]1[C@H](O)[C@H]2N=C(N3CCC3)S[C@H]2O[C@@H]1CO. The number of aliphatic hydroxyl groups is 2. The fourth-order valence-electron chi connectivity index (χ4n) is 2.55. The van der Waals surface area contributed by atoms with E-state index in [1.807, 2.05) is 0 Å². The highest BCUT2D eigenvalue weighted by Gasteiger charge is 2.51. The van der Waals surface area contributed by atoms with E-state index in [0.29, 0.717) is 0 Å². The van der Waals surface area contributed by atoms with E-state index in [0.717, 1.165) is 24.7 Å². The molecule has 3 heterocycles. The summed E-state index contributed by atoms with van der Waals surface area (Å²) in [5, 5.41) is 20.6. The highest BCUT2D eigenvalue weighted by molar-refractivity contribution is 8.14. The predicted octanol–water partition coefficient (Wildman–Crippen LogP) is -0.827. The first-order valence-electron chi connectivity index (χ1n) is 6.71. The number of carbonyl (C=O) groups is 1. The first-order valence-corrected chi connectivity index (χ1v) is 7.59. The molecule has 112 valence electrons. The van der Waals surface area contributed by atoms with Crippen LogP contribution in [0.3, 0.4) is 0 Å². The highest BCUT2D eigenvalue weighted by atomic mass is 32.2. The number of ether oxygens (including phenoxy) is 2. The molecule has 3 aliphatic heterocycles. The van der Waals surface area contributed by atoms with Crippen LogP contribution < -0.4 is 0 Å². The van der Waals surface area contributed by atoms with Gasteiger partial charge in [0, 0.05) is 20.0 Å². The van der Waals surface area contributed by atoms with Crippen molar-refractivity contribution in [3.05, 3.63) is 0 Å². The van der Waals surface area contributed by atoms with Crippen molar-refractivity contribution in [3.63, 3.8) is 0 Å². The minimum absolute atomic E-state index is 0.308. The van der Waals surface area contributed by atoms with Crippen molar-refractivity contribution >= 4 is 22.9 Å². The second kappa shape index (κ2) is 5.51. The van der Waals surface area contributed by atoms with Gasteiger partial charge in [0.2, 0.25) is 0 Å². The Morgan fingerprint density at radius 2 is 2.35 bits per heavy atom. The van der Waals surface area contributed by atoms with Crippen LogP contribution in [0.5, 0.6) is 0 Å². The second-order valence-electron chi connectivity index (χ2n) is 5.15. The van der Waals surface area contributed by atoms with E-state index in [1.165, 1.54) is 18.7 Å². The van der Waals surface area contributed by atoms with Crippen LogP contribution >= 0.6 is 11.8 Å². The van der Waals surface area contributed by atoms with Crippen molar-refractivity contribution in [1.82, 2.24) is 4.90 Å². The van der Waals surface area contributed by atoms with Gasteiger partial charge in [-0.2, -0.15) is 0 Å². The standard InChI is InChI=1S/C12H18N2O5S/c1-6(16)18-10-7(5-15)19-11-8(9(10)17)13-12(20-11)14-3-2-4-14/h7-11,15,17H,2-5H2,1H3/t7-,8-,9-,10-,11-/m1/s1. The summed E-state index contributed by atoms with van der Waals surface area (Å²) in [6, 6.07) is -0.456.